The van der Waals surface area contributed by atoms with Crippen LogP contribution in [0.4, 0.5) is 25.5 Å². The molecule has 2 amide bonds. The number of nitriles is 1. The zero-order valence-corrected chi connectivity index (χ0v) is 31.8. The van der Waals surface area contributed by atoms with Crippen LogP contribution < -0.4 is 20.9 Å². The molecule has 53 heavy (non-hydrogen) atoms. The van der Waals surface area contributed by atoms with Crippen LogP contribution >= 0.6 is 0 Å². The lowest BCUT2D eigenvalue weighted by molar-refractivity contribution is 0.0544. The fourth-order valence-corrected chi connectivity index (χ4v) is 6.40. The first-order chi connectivity index (χ1) is 25.0. The van der Waals surface area contributed by atoms with E-state index in [0.717, 1.165) is 56.8 Å². The molecule has 1 saturated carbocycles. The summed E-state index contributed by atoms with van der Waals surface area (Å²) in [5.41, 5.74) is 1.74. The highest BCUT2D eigenvalue weighted by atomic mass is 19.1. The van der Waals surface area contributed by atoms with Gasteiger partial charge in [0.25, 0.3) is 0 Å². The van der Waals surface area contributed by atoms with E-state index < -0.39 is 29.2 Å². The number of carbonyl (C=O) groups excluding carboxylic acids is 2. The zero-order valence-electron chi connectivity index (χ0n) is 31.8. The summed E-state index contributed by atoms with van der Waals surface area (Å²) < 4.78 is 27.4. The van der Waals surface area contributed by atoms with Gasteiger partial charge in [0.2, 0.25) is 5.96 Å². The smallest absolute Gasteiger partial charge is 0.414 e. The maximum absolute atomic E-state index is 14.8. The molecule has 0 bridgehead atoms. The van der Waals surface area contributed by atoms with Crippen LogP contribution in [0.1, 0.15) is 72.8 Å². The Balaban J connectivity index is 1.32. The van der Waals surface area contributed by atoms with Gasteiger partial charge in [-0.25, -0.2) is 23.7 Å². The second-order valence-corrected chi connectivity index (χ2v) is 15.7. The fraction of sp³-hybridized carbons (Fsp3) is 0.513. The van der Waals surface area contributed by atoms with E-state index >= 15 is 0 Å². The first-order valence-corrected chi connectivity index (χ1v) is 18.2. The van der Waals surface area contributed by atoms with Gasteiger partial charge in [0.15, 0.2) is 0 Å². The standard InChI is InChI=1S/C39H52FN9O4/c1-38(2,3)52-36(50)44-35(45-37(51)53-39(4,5)6)43-29-10-8-9-26(21-29)25-42-34-23-33(27-11-12-28(24-41)32(40)22-27)49(46-34)31-15-13-30(14-16-31)48-19-17-47(7)18-20-48/h11-16,22-23,26,29H,8-10,17-21,25H2,1-7H3,(H,42,46)(H2,43,44,45,50,51)/t26-,29-/m0/s1. The van der Waals surface area contributed by atoms with E-state index in [1.165, 1.54) is 12.1 Å². The molecule has 3 aromatic rings. The summed E-state index contributed by atoms with van der Waals surface area (Å²) in [5, 5.41) is 22.9. The number of amides is 2. The third-order valence-corrected chi connectivity index (χ3v) is 8.93. The minimum atomic E-state index is -0.738. The number of carbonyl (C=O) groups is 2. The van der Waals surface area contributed by atoms with Crippen molar-refractivity contribution in [3.63, 3.8) is 0 Å². The highest BCUT2D eigenvalue weighted by Crippen LogP contribution is 2.31. The molecule has 2 fully saturated rings. The van der Waals surface area contributed by atoms with E-state index in [0.29, 0.717) is 30.0 Å². The fourth-order valence-electron chi connectivity index (χ4n) is 6.40. The van der Waals surface area contributed by atoms with Gasteiger partial charge in [0.1, 0.15) is 28.9 Å². The van der Waals surface area contributed by atoms with Gasteiger partial charge in [-0.15, -0.1) is 5.10 Å². The number of ether oxygens (including phenoxy) is 2. The van der Waals surface area contributed by atoms with Crippen molar-refractivity contribution in [2.75, 3.05) is 50.0 Å². The third-order valence-electron chi connectivity index (χ3n) is 8.93. The molecule has 1 saturated heterocycles. The van der Waals surface area contributed by atoms with Gasteiger partial charge < -0.3 is 24.6 Å². The molecular formula is C39H52FN9O4. The van der Waals surface area contributed by atoms with Crippen molar-refractivity contribution in [1.29, 1.82) is 5.26 Å². The Hall–Kier alpha value is -5.16. The second kappa shape index (κ2) is 16.7. The highest BCUT2D eigenvalue weighted by molar-refractivity contribution is 6.01. The first kappa shape index (κ1) is 39.1. The molecule has 2 aromatic carbocycles. The number of likely N-dealkylation sites (N-methyl/N-ethyl adjacent to an activating group) is 1. The van der Waals surface area contributed by atoms with Crippen LogP contribution in [0, 0.1) is 23.1 Å². The number of hydrogen-bond donors (Lipinski definition) is 3. The van der Waals surface area contributed by atoms with Gasteiger partial charge in [-0.3, -0.25) is 10.6 Å². The molecule has 0 unspecified atom stereocenters. The number of piperazine rings is 1. The number of halogens is 1. The van der Waals surface area contributed by atoms with Crippen LogP contribution in [0.3, 0.4) is 0 Å². The summed E-state index contributed by atoms with van der Waals surface area (Å²) in [4.78, 5) is 34.7. The highest BCUT2D eigenvalue weighted by Gasteiger charge is 2.26. The van der Waals surface area contributed by atoms with Crippen LogP contribution in [0.15, 0.2) is 53.5 Å². The molecular weight excluding hydrogens is 677 g/mol. The Morgan fingerprint density at radius 3 is 2.13 bits per heavy atom. The molecule has 2 atom stereocenters. The summed E-state index contributed by atoms with van der Waals surface area (Å²) in [6.07, 6.45) is 1.86. The van der Waals surface area contributed by atoms with Crippen molar-refractivity contribution in [3.8, 4) is 23.0 Å². The summed E-state index contributed by atoms with van der Waals surface area (Å²) >= 11 is 0. The molecule has 1 aliphatic carbocycles. The number of benzene rings is 2. The molecule has 5 rings (SSSR count). The van der Waals surface area contributed by atoms with Crippen molar-refractivity contribution in [2.24, 2.45) is 10.9 Å². The van der Waals surface area contributed by atoms with Crippen LogP contribution in [0.25, 0.3) is 16.9 Å². The number of guanidine groups is 1. The molecule has 3 N–H and O–H groups in total. The minimum absolute atomic E-state index is 0.0186. The van der Waals surface area contributed by atoms with Crippen LogP contribution in [0.5, 0.6) is 0 Å². The van der Waals surface area contributed by atoms with Crippen molar-refractivity contribution in [1.82, 2.24) is 25.3 Å². The Kier molecular flexibility index (Phi) is 12.3. The summed E-state index contributed by atoms with van der Waals surface area (Å²) in [7, 11) is 2.13. The zero-order chi connectivity index (χ0) is 38.3. The first-order valence-electron chi connectivity index (χ1n) is 18.2. The van der Waals surface area contributed by atoms with Gasteiger partial charge in [-0.1, -0.05) is 12.5 Å². The van der Waals surface area contributed by atoms with E-state index in [2.05, 4.69) is 44.9 Å². The normalized spacial score (nSPS) is 18.1. The number of hydrogen-bond acceptors (Lipinski definition) is 10. The van der Waals surface area contributed by atoms with E-state index in [-0.39, 0.29) is 23.5 Å². The number of anilines is 2. The Labute approximate surface area is 311 Å². The van der Waals surface area contributed by atoms with E-state index in [1.54, 1.807) is 52.3 Å². The van der Waals surface area contributed by atoms with Crippen LogP contribution in [0.2, 0.25) is 0 Å². The van der Waals surface area contributed by atoms with Gasteiger partial charge in [-0.05, 0) is 110 Å². The van der Waals surface area contributed by atoms with Gasteiger partial charge >= 0.3 is 12.2 Å². The molecule has 284 valence electrons. The van der Waals surface area contributed by atoms with E-state index in [4.69, 9.17) is 19.6 Å². The van der Waals surface area contributed by atoms with E-state index in [1.807, 2.05) is 24.3 Å². The number of nitrogens with zero attached hydrogens (tertiary/aromatic N) is 6. The van der Waals surface area contributed by atoms with Gasteiger partial charge in [0.05, 0.1) is 23.0 Å². The lowest BCUT2D eigenvalue weighted by Crippen LogP contribution is -2.48. The number of alkyl carbamates (subject to hydrolysis) is 2. The summed E-state index contributed by atoms with van der Waals surface area (Å²) in [5.74, 6) is 0.222. The Bertz CT molecular complexity index is 1780. The lowest BCUT2D eigenvalue weighted by Gasteiger charge is -2.34. The summed E-state index contributed by atoms with van der Waals surface area (Å²) in [6, 6.07) is 16.4. The topological polar surface area (TPSA) is 149 Å². The van der Waals surface area contributed by atoms with Crippen LogP contribution in [-0.2, 0) is 9.47 Å². The summed E-state index contributed by atoms with van der Waals surface area (Å²) in [6.45, 7) is 15.0. The predicted octanol–water partition coefficient (Wildman–Crippen LogP) is 6.68. The predicted molar refractivity (Wildman–Crippen MR) is 204 cm³/mol. The Morgan fingerprint density at radius 2 is 1.55 bits per heavy atom. The molecule has 0 radical (unpaired) electrons. The van der Waals surface area contributed by atoms with Crippen molar-refractivity contribution >= 4 is 29.7 Å². The van der Waals surface area contributed by atoms with Gasteiger partial charge in [0, 0.05) is 50.0 Å². The lowest BCUT2D eigenvalue weighted by atomic mass is 9.86. The quantitative estimate of drug-likeness (QED) is 0.179. The van der Waals surface area contributed by atoms with Gasteiger partial charge in [-0.2, -0.15) is 5.26 Å². The minimum Gasteiger partial charge on any atom is -0.444 e. The molecule has 0 spiro atoms. The maximum Gasteiger partial charge on any atom is 0.414 e. The van der Waals surface area contributed by atoms with E-state index in [9.17, 15) is 19.2 Å². The van der Waals surface area contributed by atoms with Crippen LogP contribution in [-0.4, -0.2) is 89.8 Å². The number of rotatable bonds is 7. The molecule has 2 heterocycles. The average Bonchev–Trinajstić information content (AvgIpc) is 3.50. The molecule has 2 aliphatic rings. The number of aromatic nitrogens is 2. The molecule has 14 heteroatoms. The SMILES string of the molecule is CN1CCN(c2ccc(-n3nc(NC[C@H]4CCC[C@H](N=C(NC(=O)OC(C)(C)C)NC(=O)OC(C)(C)C)C4)cc3-c3ccc(C#N)c(F)c3)cc2)CC1. The largest absolute Gasteiger partial charge is 0.444 e. The molecule has 1 aromatic heterocycles. The second-order valence-electron chi connectivity index (χ2n) is 15.7. The molecule has 1 aliphatic heterocycles. The van der Waals surface area contributed by atoms with Crippen molar-refractivity contribution in [2.45, 2.75) is 84.5 Å². The average molecular weight is 730 g/mol. The monoisotopic (exact) mass is 729 g/mol. The van der Waals surface area contributed by atoms with Crippen molar-refractivity contribution in [3.05, 3.63) is 59.9 Å². The third kappa shape index (κ3) is 11.4. The van der Waals surface area contributed by atoms with Crippen molar-refractivity contribution < 1.29 is 23.5 Å². The number of nitrogens with one attached hydrogen (secondary N) is 3. The Morgan fingerprint density at radius 1 is 0.925 bits per heavy atom. The maximum atomic E-state index is 14.8. The number of aliphatic imine (C=N–C) groups is 1. The molecule has 13 nitrogen and oxygen atoms in total.